The zero-order valence-electron chi connectivity index (χ0n) is 7.89. The average molecular weight is 202 g/mol. The van der Waals surface area contributed by atoms with Crippen molar-refractivity contribution in [2.75, 3.05) is 0 Å². The molecule has 0 radical (unpaired) electrons. The molecule has 14 heavy (non-hydrogen) atoms. The number of nitrogens with one attached hydrogen (secondary N) is 1. The molecular weight excluding hydrogens is 190 g/mol. The van der Waals surface area contributed by atoms with E-state index in [1.165, 1.54) is 0 Å². The van der Waals surface area contributed by atoms with E-state index in [2.05, 4.69) is 5.32 Å². The van der Waals surface area contributed by atoms with Crippen LogP contribution in [0.25, 0.3) is 0 Å². The highest BCUT2D eigenvalue weighted by Gasteiger charge is 2.48. The van der Waals surface area contributed by atoms with Gasteiger partial charge in [0.2, 0.25) is 11.8 Å². The maximum atomic E-state index is 12.4. The molecule has 0 heterocycles. The van der Waals surface area contributed by atoms with E-state index in [1.54, 1.807) is 6.92 Å². The quantitative estimate of drug-likeness (QED) is 0.753. The van der Waals surface area contributed by atoms with E-state index in [9.17, 15) is 13.6 Å². The van der Waals surface area contributed by atoms with E-state index < -0.39 is 11.8 Å². The van der Waals surface area contributed by atoms with Crippen molar-refractivity contribution in [1.82, 2.24) is 5.32 Å². The van der Waals surface area contributed by atoms with Gasteiger partial charge >= 0.3 is 0 Å². The second kappa shape index (κ2) is 3.91. The summed E-state index contributed by atoms with van der Waals surface area (Å²) in [7, 11) is 0. The molecule has 0 aromatic rings. The van der Waals surface area contributed by atoms with Crippen LogP contribution in [0.4, 0.5) is 8.78 Å². The average Bonchev–Trinajstić information content (AvgIpc) is 2.00. The van der Waals surface area contributed by atoms with Crippen molar-refractivity contribution >= 4 is 5.91 Å². The predicted molar refractivity (Wildman–Crippen MR) is 45.5 cm³/mol. The van der Waals surface area contributed by atoms with Gasteiger partial charge in [-0.25, -0.2) is 8.78 Å². The van der Waals surface area contributed by atoms with Crippen molar-refractivity contribution in [1.29, 1.82) is 5.26 Å². The standard InChI is InChI=1S/C9H12F2N2O/c1-6(2-3-12)13-8(14)7-4-9(10,11)5-7/h6-7H,2,4-5H2,1H3,(H,13,14). The molecule has 0 spiro atoms. The van der Waals surface area contributed by atoms with E-state index in [1.807, 2.05) is 6.07 Å². The van der Waals surface area contributed by atoms with Crippen molar-refractivity contribution in [2.45, 2.75) is 38.2 Å². The summed E-state index contributed by atoms with van der Waals surface area (Å²) in [5, 5.41) is 10.8. The van der Waals surface area contributed by atoms with Crippen LogP contribution in [0.3, 0.4) is 0 Å². The minimum Gasteiger partial charge on any atom is -0.352 e. The molecule has 1 saturated carbocycles. The van der Waals surface area contributed by atoms with E-state index in [0.29, 0.717) is 0 Å². The number of nitriles is 1. The van der Waals surface area contributed by atoms with Crippen LogP contribution in [0.5, 0.6) is 0 Å². The van der Waals surface area contributed by atoms with Gasteiger partial charge in [-0.1, -0.05) is 0 Å². The number of amides is 1. The second-order valence-corrected chi connectivity index (χ2v) is 3.73. The number of carbonyl (C=O) groups excluding carboxylic acids is 1. The number of rotatable bonds is 3. The van der Waals surface area contributed by atoms with Gasteiger partial charge in [-0.05, 0) is 6.92 Å². The topological polar surface area (TPSA) is 52.9 Å². The molecule has 1 aliphatic rings. The Hall–Kier alpha value is -1.18. The van der Waals surface area contributed by atoms with Crippen LogP contribution < -0.4 is 5.32 Å². The van der Waals surface area contributed by atoms with Gasteiger partial charge in [-0.3, -0.25) is 4.79 Å². The van der Waals surface area contributed by atoms with Crippen LogP contribution in [0.1, 0.15) is 26.2 Å². The summed E-state index contributed by atoms with van der Waals surface area (Å²) in [6.45, 7) is 1.68. The van der Waals surface area contributed by atoms with E-state index >= 15 is 0 Å². The highest BCUT2D eigenvalue weighted by molar-refractivity contribution is 5.80. The van der Waals surface area contributed by atoms with Crippen molar-refractivity contribution < 1.29 is 13.6 Å². The Morgan fingerprint density at radius 2 is 2.29 bits per heavy atom. The van der Waals surface area contributed by atoms with E-state index in [-0.39, 0.29) is 31.2 Å². The van der Waals surface area contributed by atoms with Gasteiger partial charge in [0.25, 0.3) is 0 Å². The lowest BCUT2D eigenvalue weighted by atomic mass is 9.80. The van der Waals surface area contributed by atoms with Crippen LogP contribution in [-0.2, 0) is 4.79 Å². The van der Waals surface area contributed by atoms with Crippen LogP contribution in [0.2, 0.25) is 0 Å². The monoisotopic (exact) mass is 202 g/mol. The Balaban J connectivity index is 2.28. The number of hydrogen-bond donors (Lipinski definition) is 1. The van der Waals surface area contributed by atoms with Gasteiger partial charge in [-0.15, -0.1) is 0 Å². The van der Waals surface area contributed by atoms with Crippen molar-refractivity contribution in [3.8, 4) is 6.07 Å². The highest BCUT2D eigenvalue weighted by Crippen LogP contribution is 2.42. The van der Waals surface area contributed by atoms with Crippen molar-refractivity contribution in [2.24, 2.45) is 5.92 Å². The highest BCUT2D eigenvalue weighted by atomic mass is 19.3. The predicted octanol–water partition coefficient (Wildman–Crippen LogP) is 1.45. The normalized spacial score (nSPS) is 21.9. The van der Waals surface area contributed by atoms with Gasteiger partial charge in [-0.2, -0.15) is 5.26 Å². The molecule has 1 fully saturated rings. The van der Waals surface area contributed by atoms with Gasteiger partial charge < -0.3 is 5.32 Å². The molecule has 5 heteroatoms. The first-order chi connectivity index (χ1) is 6.44. The Kier molecular flexibility index (Phi) is 3.04. The minimum absolute atomic E-state index is 0.203. The van der Waals surface area contributed by atoms with Crippen LogP contribution in [0, 0.1) is 17.2 Å². The first kappa shape index (κ1) is 10.9. The number of hydrogen-bond acceptors (Lipinski definition) is 2. The number of halogens is 2. The van der Waals surface area contributed by atoms with Gasteiger partial charge in [0.15, 0.2) is 0 Å². The molecule has 1 rings (SSSR count). The van der Waals surface area contributed by atoms with Crippen molar-refractivity contribution in [3.05, 3.63) is 0 Å². The zero-order valence-corrected chi connectivity index (χ0v) is 7.89. The SMILES string of the molecule is CC(CC#N)NC(=O)C1CC(F)(F)C1. The lowest BCUT2D eigenvalue weighted by Gasteiger charge is -2.34. The molecule has 78 valence electrons. The molecule has 1 aliphatic carbocycles. The number of alkyl halides is 2. The fraction of sp³-hybridized carbons (Fsp3) is 0.778. The molecule has 0 aliphatic heterocycles. The summed E-state index contributed by atoms with van der Waals surface area (Å²) < 4.78 is 24.8. The third-order valence-corrected chi connectivity index (χ3v) is 2.25. The third kappa shape index (κ3) is 2.66. The lowest BCUT2D eigenvalue weighted by Crippen LogP contribution is -2.47. The van der Waals surface area contributed by atoms with E-state index in [0.717, 1.165) is 0 Å². The zero-order chi connectivity index (χ0) is 10.8. The maximum Gasteiger partial charge on any atom is 0.249 e. The number of carbonyl (C=O) groups is 1. The van der Waals surface area contributed by atoms with Crippen LogP contribution in [0.15, 0.2) is 0 Å². The summed E-state index contributed by atoms with van der Waals surface area (Å²) in [4.78, 5) is 11.2. The first-order valence-corrected chi connectivity index (χ1v) is 4.50. The Morgan fingerprint density at radius 1 is 1.71 bits per heavy atom. The molecule has 3 nitrogen and oxygen atoms in total. The van der Waals surface area contributed by atoms with Crippen LogP contribution in [-0.4, -0.2) is 17.9 Å². The third-order valence-electron chi connectivity index (χ3n) is 2.25. The summed E-state index contributed by atoms with van der Waals surface area (Å²) in [6, 6.07) is 1.64. The van der Waals surface area contributed by atoms with E-state index in [4.69, 9.17) is 5.26 Å². The maximum absolute atomic E-state index is 12.4. The Labute approximate surface area is 81.1 Å². The Morgan fingerprint density at radius 3 is 2.71 bits per heavy atom. The largest absolute Gasteiger partial charge is 0.352 e. The summed E-state index contributed by atoms with van der Waals surface area (Å²) >= 11 is 0. The molecule has 1 N–H and O–H groups in total. The molecule has 0 bridgehead atoms. The molecule has 0 aromatic carbocycles. The van der Waals surface area contributed by atoms with Gasteiger partial charge in [0.05, 0.1) is 12.5 Å². The summed E-state index contributed by atoms with van der Waals surface area (Å²) in [6.07, 6.45) is -0.523. The summed E-state index contributed by atoms with van der Waals surface area (Å²) in [5.41, 5.74) is 0. The molecule has 0 saturated heterocycles. The lowest BCUT2D eigenvalue weighted by molar-refractivity contribution is -0.150. The van der Waals surface area contributed by atoms with Crippen molar-refractivity contribution in [3.63, 3.8) is 0 Å². The molecule has 1 amide bonds. The number of nitrogens with zero attached hydrogens (tertiary/aromatic N) is 1. The van der Waals surface area contributed by atoms with Gasteiger partial charge in [0, 0.05) is 24.8 Å². The molecule has 1 unspecified atom stereocenters. The first-order valence-electron chi connectivity index (χ1n) is 4.50. The van der Waals surface area contributed by atoms with Gasteiger partial charge in [0.1, 0.15) is 0 Å². The molecular formula is C9H12F2N2O. The minimum atomic E-state index is -2.67. The second-order valence-electron chi connectivity index (χ2n) is 3.73. The van der Waals surface area contributed by atoms with Crippen LogP contribution >= 0.6 is 0 Å². The molecule has 0 aromatic heterocycles. The fourth-order valence-electron chi connectivity index (χ4n) is 1.40. The molecule has 1 atom stereocenters. The summed E-state index contributed by atoms with van der Waals surface area (Å²) in [5.74, 6) is -3.61. The smallest absolute Gasteiger partial charge is 0.249 e. The Bertz CT molecular complexity index is 264. The fourth-order valence-corrected chi connectivity index (χ4v) is 1.40.